The molecule has 1 aromatic carbocycles. The third-order valence-electron chi connectivity index (χ3n) is 2.90. The van der Waals surface area contributed by atoms with Gasteiger partial charge in [0.25, 0.3) is 0 Å². The van der Waals surface area contributed by atoms with Crippen molar-refractivity contribution in [1.82, 2.24) is 0 Å². The summed E-state index contributed by atoms with van der Waals surface area (Å²) in [5.41, 5.74) is 5.66. The number of carbonyl (C=O) groups excluding carboxylic acids is 1. The van der Waals surface area contributed by atoms with Gasteiger partial charge >= 0.3 is 6.09 Å². The maximum absolute atomic E-state index is 10.6. The normalized spacial score (nSPS) is 21.0. The first-order valence-electron chi connectivity index (χ1n) is 5.21. The minimum absolute atomic E-state index is 0.0243. The van der Waals surface area contributed by atoms with Crippen LogP contribution in [0.25, 0.3) is 0 Å². The largest absolute Gasteiger partial charge is 0.487 e. The first-order valence-corrected chi connectivity index (χ1v) is 5.21. The van der Waals surface area contributed by atoms with Gasteiger partial charge in [0.05, 0.1) is 5.92 Å². The number of nitrogens with two attached hydrogens (primary N) is 1. The fourth-order valence-electron chi connectivity index (χ4n) is 2.05. The van der Waals surface area contributed by atoms with Gasteiger partial charge in [0.15, 0.2) is 0 Å². The highest BCUT2D eigenvalue weighted by Crippen LogP contribution is 2.44. The van der Waals surface area contributed by atoms with Crippen LogP contribution in [0.2, 0.25) is 0 Å². The molecular formula is C12H15NO3. The van der Waals surface area contributed by atoms with Crippen molar-refractivity contribution >= 4 is 6.09 Å². The zero-order valence-corrected chi connectivity index (χ0v) is 9.40. The lowest BCUT2D eigenvalue weighted by molar-refractivity contribution is 0.0709. The summed E-state index contributed by atoms with van der Waals surface area (Å²) in [5, 5.41) is 0. The summed E-state index contributed by atoms with van der Waals surface area (Å²) >= 11 is 0. The Labute approximate surface area is 94.3 Å². The van der Waals surface area contributed by atoms with Gasteiger partial charge in [0, 0.05) is 5.56 Å². The van der Waals surface area contributed by atoms with E-state index in [-0.39, 0.29) is 18.1 Å². The number of rotatable bonds is 2. The van der Waals surface area contributed by atoms with Gasteiger partial charge in [-0.2, -0.15) is 0 Å². The van der Waals surface area contributed by atoms with E-state index in [0.29, 0.717) is 0 Å². The van der Waals surface area contributed by atoms with E-state index in [0.717, 1.165) is 11.3 Å². The van der Waals surface area contributed by atoms with Crippen LogP contribution in [0.5, 0.6) is 5.75 Å². The quantitative estimate of drug-likeness (QED) is 0.831. The predicted octanol–water partition coefficient (Wildman–Crippen LogP) is 2.04. The number of primary amides is 1. The zero-order chi connectivity index (χ0) is 11.8. The van der Waals surface area contributed by atoms with Crippen LogP contribution in [0.4, 0.5) is 4.79 Å². The van der Waals surface area contributed by atoms with Crippen molar-refractivity contribution in [2.75, 3.05) is 6.61 Å². The van der Waals surface area contributed by atoms with Crippen LogP contribution >= 0.6 is 0 Å². The summed E-state index contributed by atoms with van der Waals surface area (Å²) in [5.74, 6) is 0.877. The maximum atomic E-state index is 10.6. The third kappa shape index (κ3) is 1.83. The fraction of sp³-hybridized carbons (Fsp3) is 0.417. The minimum Gasteiger partial charge on any atom is -0.487 e. The molecule has 4 nitrogen and oxygen atoms in total. The smallest absolute Gasteiger partial charge is 0.404 e. The van der Waals surface area contributed by atoms with Crippen molar-refractivity contribution in [1.29, 1.82) is 0 Å². The fourth-order valence-corrected chi connectivity index (χ4v) is 2.05. The van der Waals surface area contributed by atoms with Crippen molar-refractivity contribution in [3.05, 3.63) is 29.8 Å². The number of carbonyl (C=O) groups is 1. The highest BCUT2D eigenvalue weighted by Gasteiger charge is 2.41. The standard InChI is InChI=1S/C12H15NO3/c1-12(2)9(7-15-11(13)14)8-5-3-4-6-10(8)16-12/h3-6,9H,7H2,1-2H3,(H2,13,14). The van der Waals surface area contributed by atoms with E-state index in [2.05, 4.69) is 0 Å². The summed E-state index contributed by atoms with van der Waals surface area (Å²) in [4.78, 5) is 10.6. The van der Waals surface area contributed by atoms with Crippen LogP contribution in [-0.4, -0.2) is 18.3 Å². The monoisotopic (exact) mass is 221 g/mol. The topological polar surface area (TPSA) is 61.6 Å². The minimum atomic E-state index is -0.750. The van der Waals surface area contributed by atoms with E-state index in [1.807, 2.05) is 38.1 Å². The average Bonchev–Trinajstić information content (AvgIpc) is 2.44. The van der Waals surface area contributed by atoms with E-state index in [1.165, 1.54) is 0 Å². The van der Waals surface area contributed by atoms with Gasteiger partial charge in [0.2, 0.25) is 0 Å². The molecule has 1 atom stereocenters. The SMILES string of the molecule is CC1(C)Oc2ccccc2C1COC(N)=O. The highest BCUT2D eigenvalue weighted by molar-refractivity contribution is 5.64. The molecular weight excluding hydrogens is 206 g/mol. The summed E-state index contributed by atoms with van der Waals surface area (Å²) in [7, 11) is 0. The van der Waals surface area contributed by atoms with Crippen molar-refractivity contribution in [3.8, 4) is 5.75 Å². The molecule has 0 aromatic heterocycles. The number of ether oxygens (including phenoxy) is 2. The molecule has 1 unspecified atom stereocenters. The molecule has 4 heteroatoms. The van der Waals surface area contributed by atoms with Gasteiger partial charge in [-0.15, -0.1) is 0 Å². The Morgan fingerprint density at radius 2 is 2.19 bits per heavy atom. The zero-order valence-electron chi connectivity index (χ0n) is 9.40. The Hall–Kier alpha value is -1.71. The van der Waals surface area contributed by atoms with E-state index in [4.69, 9.17) is 15.2 Å². The number of amides is 1. The lowest BCUT2D eigenvalue weighted by Gasteiger charge is -2.25. The third-order valence-corrected chi connectivity index (χ3v) is 2.90. The van der Waals surface area contributed by atoms with Crippen LogP contribution < -0.4 is 10.5 Å². The summed E-state index contributed by atoms with van der Waals surface area (Å²) < 4.78 is 10.7. The molecule has 1 aliphatic heterocycles. The average molecular weight is 221 g/mol. The van der Waals surface area contributed by atoms with Gasteiger partial charge in [-0.05, 0) is 19.9 Å². The van der Waals surface area contributed by atoms with Crippen LogP contribution in [0, 0.1) is 0 Å². The summed E-state index contributed by atoms with van der Waals surface area (Å²) in [6.07, 6.45) is -0.750. The van der Waals surface area contributed by atoms with Crippen LogP contribution in [0.15, 0.2) is 24.3 Å². The van der Waals surface area contributed by atoms with E-state index < -0.39 is 6.09 Å². The second kappa shape index (κ2) is 3.70. The lowest BCUT2D eigenvalue weighted by atomic mass is 9.88. The molecule has 16 heavy (non-hydrogen) atoms. The van der Waals surface area contributed by atoms with E-state index >= 15 is 0 Å². The van der Waals surface area contributed by atoms with Crippen LogP contribution in [0.1, 0.15) is 25.3 Å². The molecule has 0 saturated carbocycles. The van der Waals surface area contributed by atoms with Gasteiger partial charge in [-0.25, -0.2) is 4.79 Å². The number of hydrogen-bond acceptors (Lipinski definition) is 3. The molecule has 0 aliphatic carbocycles. The number of hydrogen-bond donors (Lipinski definition) is 1. The molecule has 2 rings (SSSR count). The first-order chi connectivity index (χ1) is 7.50. The molecule has 1 aromatic rings. The summed E-state index contributed by atoms with van der Waals surface area (Å²) in [6.45, 7) is 4.20. The maximum Gasteiger partial charge on any atom is 0.404 e. The first kappa shape index (κ1) is 10.8. The van der Waals surface area contributed by atoms with Crippen LogP contribution in [0.3, 0.4) is 0 Å². The highest BCUT2D eigenvalue weighted by atomic mass is 16.6. The Morgan fingerprint density at radius 1 is 1.50 bits per heavy atom. The van der Waals surface area contributed by atoms with E-state index in [9.17, 15) is 4.79 Å². The predicted molar refractivity (Wildman–Crippen MR) is 59.4 cm³/mol. The van der Waals surface area contributed by atoms with Crippen molar-refractivity contribution in [2.45, 2.75) is 25.4 Å². The molecule has 0 radical (unpaired) electrons. The van der Waals surface area contributed by atoms with Crippen LogP contribution in [-0.2, 0) is 4.74 Å². The van der Waals surface area contributed by atoms with Gasteiger partial charge in [0.1, 0.15) is 18.0 Å². The van der Waals surface area contributed by atoms with Gasteiger partial charge < -0.3 is 15.2 Å². The Kier molecular flexibility index (Phi) is 2.50. The van der Waals surface area contributed by atoms with Crippen molar-refractivity contribution in [2.24, 2.45) is 5.73 Å². The van der Waals surface area contributed by atoms with Gasteiger partial charge in [-0.3, -0.25) is 0 Å². The Bertz CT molecular complexity index is 414. The molecule has 1 aliphatic rings. The lowest BCUT2D eigenvalue weighted by Crippen LogP contribution is -2.34. The molecule has 0 saturated heterocycles. The molecule has 0 fully saturated rings. The second-order valence-corrected chi connectivity index (χ2v) is 4.43. The summed E-state index contributed by atoms with van der Waals surface area (Å²) in [6, 6.07) is 7.77. The number of para-hydroxylation sites is 1. The van der Waals surface area contributed by atoms with Crippen molar-refractivity contribution < 1.29 is 14.3 Å². The number of benzene rings is 1. The Balaban J connectivity index is 2.24. The Morgan fingerprint density at radius 3 is 2.88 bits per heavy atom. The second-order valence-electron chi connectivity index (χ2n) is 4.43. The molecule has 86 valence electrons. The van der Waals surface area contributed by atoms with Crippen molar-refractivity contribution in [3.63, 3.8) is 0 Å². The molecule has 1 heterocycles. The van der Waals surface area contributed by atoms with Gasteiger partial charge in [-0.1, -0.05) is 18.2 Å². The molecule has 1 amide bonds. The molecule has 0 bridgehead atoms. The molecule has 2 N–H and O–H groups in total. The molecule has 0 spiro atoms. The number of fused-ring (bicyclic) bond motifs is 1. The van der Waals surface area contributed by atoms with E-state index in [1.54, 1.807) is 0 Å².